The first-order valence-corrected chi connectivity index (χ1v) is 7.66. The van der Waals surface area contributed by atoms with Crippen LogP contribution in [0.1, 0.15) is 18.1 Å². The van der Waals surface area contributed by atoms with Crippen molar-refractivity contribution >= 4 is 10.0 Å². The Balaban J connectivity index is 2.14. The number of benzene rings is 1. The standard InChI is InChI=1S/C14H16FNO3S/c1-10-7-13(15)3-4-14(10)20(17,18)16-11(2)8-12-5-6-19-9-12/h3-7,9,11,16H,8H2,1-2H3. The third kappa shape index (κ3) is 3.46. The largest absolute Gasteiger partial charge is 0.472 e. The highest BCUT2D eigenvalue weighted by molar-refractivity contribution is 7.89. The summed E-state index contributed by atoms with van der Waals surface area (Å²) in [5.41, 5.74) is 1.30. The minimum Gasteiger partial charge on any atom is -0.472 e. The number of rotatable bonds is 5. The van der Waals surface area contributed by atoms with Crippen molar-refractivity contribution in [2.75, 3.05) is 0 Å². The Kier molecular flexibility index (Phi) is 4.25. The molecule has 1 atom stereocenters. The quantitative estimate of drug-likeness (QED) is 0.923. The van der Waals surface area contributed by atoms with E-state index in [0.29, 0.717) is 12.0 Å². The highest BCUT2D eigenvalue weighted by atomic mass is 32.2. The van der Waals surface area contributed by atoms with Crippen LogP contribution in [0.15, 0.2) is 46.1 Å². The van der Waals surface area contributed by atoms with E-state index in [9.17, 15) is 12.8 Å². The van der Waals surface area contributed by atoms with Gasteiger partial charge in [0.1, 0.15) is 5.82 Å². The van der Waals surface area contributed by atoms with E-state index in [1.807, 2.05) is 0 Å². The summed E-state index contributed by atoms with van der Waals surface area (Å²) in [5, 5.41) is 0. The van der Waals surface area contributed by atoms with Crippen molar-refractivity contribution in [1.82, 2.24) is 4.72 Å². The molecular weight excluding hydrogens is 281 g/mol. The van der Waals surface area contributed by atoms with Crippen LogP contribution in [0, 0.1) is 12.7 Å². The van der Waals surface area contributed by atoms with Crippen LogP contribution in [0.2, 0.25) is 0 Å². The van der Waals surface area contributed by atoms with Gasteiger partial charge in [-0.05, 0) is 55.7 Å². The van der Waals surface area contributed by atoms with Gasteiger partial charge in [-0.15, -0.1) is 0 Å². The van der Waals surface area contributed by atoms with Gasteiger partial charge in [-0.3, -0.25) is 0 Å². The predicted molar refractivity (Wildman–Crippen MR) is 73.3 cm³/mol. The van der Waals surface area contributed by atoms with Gasteiger partial charge in [0.25, 0.3) is 0 Å². The Morgan fingerprint density at radius 3 is 2.70 bits per heavy atom. The molecule has 0 saturated carbocycles. The molecule has 1 aromatic heterocycles. The zero-order valence-corrected chi connectivity index (χ0v) is 12.1. The molecule has 0 spiro atoms. The molecular formula is C14H16FNO3S. The average Bonchev–Trinajstić information content (AvgIpc) is 2.79. The summed E-state index contributed by atoms with van der Waals surface area (Å²) >= 11 is 0. The van der Waals surface area contributed by atoms with Crippen LogP contribution in [0.5, 0.6) is 0 Å². The second-order valence-electron chi connectivity index (χ2n) is 4.77. The zero-order chi connectivity index (χ0) is 14.8. The van der Waals surface area contributed by atoms with Crippen LogP contribution < -0.4 is 4.72 Å². The molecule has 0 saturated heterocycles. The van der Waals surface area contributed by atoms with Crippen molar-refractivity contribution in [1.29, 1.82) is 0 Å². The molecule has 0 aliphatic rings. The fourth-order valence-corrected chi connectivity index (χ4v) is 3.52. The lowest BCUT2D eigenvalue weighted by atomic mass is 10.1. The Morgan fingerprint density at radius 1 is 1.35 bits per heavy atom. The molecule has 6 heteroatoms. The molecule has 20 heavy (non-hydrogen) atoms. The fourth-order valence-electron chi connectivity index (χ4n) is 2.05. The number of furan rings is 1. The third-order valence-corrected chi connectivity index (χ3v) is 4.65. The van der Waals surface area contributed by atoms with Gasteiger partial charge in [0.05, 0.1) is 17.4 Å². The molecule has 1 aromatic carbocycles. The maximum absolute atomic E-state index is 13.0. The number of halogens is 1. The van der Waals surface area contributed by atoms with E-state index < -0.39 is 15.8 Å². The molecule has 1 heterocycles. The number of nitrogens with one attached hydrogen (secondary N) is 1. The lowest BCUT2D eigenvalue weighted by molar-refractivity contribution is 0.548. The second-order valence-corrected chi connectivity index (χ2v) is 6.45. The van der Waals surface area contributed by atoms with Gasteiger partial charge in [0, 0.05) is 6.04 Å². The van der Waals surface area contributed by atoms with E-state index in [4.69, 9.17) is 4.42 Å². The van der Waals surface area contributed by atoms with E-state index in [0.717, 1.165) is 11.6 Å². The van der Waals surface area contributed by atoms with Crippen LogP contribution in [-0.4, -0.2) is 14.5 Å². The summed E-state index contributed by atoms with van der Waals surface area (Å²) in [4.78, 5) is 0.0953. The molecule has 0 aliphatic heterocycles. The highest BCUT2D eigenvalue weighted by Crippen LogP contribution is 2.17. The lowest BCUT2D eigenvalue weighted by Gasteiger charge is -2.14. The summed E-state index contributed by atoms with van der Waals surface area (Å²) in [6.45, 7) is 3.34. The second kappa shape index (κ2) is 5.76. The van der Waals surface area contributed by atoms with E-state index in [-0.39, 0.29) is 10.9 Å². The monoisotopic (exact) mass is 297 g/mol. The molecule has 2 aromatic rings. The molecule has 0 aliphatic carbocycles. The van der Waals surface area contributed by atoms with E-state index in [2.05, 4.69) is 4.72 Å². The first-order chi connectivity index (χ1) is 9.38. The van der Waals surface area contributed by atoms with E-state index in [1.54, 1.807) is 32.4 Å². The Bertz CT molecular complexity index is 680. The van der Waals surface area contributed by atoms with Crippen LogP contribution in [0.25, 0.3) is 0 Å². The normalized spacial score (nSPS) is 13.3. The Hall–Kier alpha value is -1.66. The van der Waals surface area contributed by atoms with Gasteiger partial charge in [-0.25, -0.2) is 17.5 Å². The van der Waals surface area contributed by atoms with Crippen molar-refractivity contribution in [2.45, 2.75) is 31.2 Å². The smallest absolute Gasteiger partial charge is 0.241 e. The molecule has 0 fully saturated rings. The Labute approximate surface area is 117 Å². The maximum atomic E-state index is 13.0. The maximum Gasteiger partial charge on any atom is 0.241 e. The molecule has 4 nitrogen and oxygen atoms in total. The first-order valence-electron chi connectivity index (χ1n) is 6.18. The summed E-state index contributed by atoms with van der Waals surface area (Å²) in [7, 11) is -3.66. The summed E-state index contributed by atoms with van der Waals surface area (Å²) in [5.74, 6) is -0.451. The lowest BCUT2D eigenvalue weighted by Crippen LogP contribution is -2.34. The number of hydrogen-bond acceptors (Lipinski definition) is 3. The van der Waals surface area contributed by atoms with Gasteiger partial charge >= 0.3 is 0 Å². The van der Waals surface area contributed by atoms with Gasteiger partial charge in [0.15, 0.2) is 0 Å². The summed E-state index contributed by atoms with van der Waals surface area (Å²) in [6.07, 6.45) is 3.64. The number of aryl methyl sites for hydroxylation is 1. The van der Waals surface area contributed by atoms with Crippen LogP contribution in [-0.2, 0) is 16.4 Å². The van der Waals surface area contributed by atoms with Crippen molar-refractivity contribution < 1.29 is 17.2 Å². The molecule has 0 radical (unpaired) electrons. The van der Waals surface area contributed by atoms with Gasteiger partial charge < -0.3 is 4.42 Å². The highest BCUT2D eigenvalue weighted by Gasteiger charge is 2.20. The van der Waals surface area contributed by atoms with Crippen molar-refractivity contribution in [3.8, 4) is 0 Å². The zero-order valence-electron chi connectivity index (χ0n) is 11.3. The third-order valence-electron chi connectivity index (χ3n) is 2.90. The molecule has 2 rings (SSSR count). The Morgan fingerprint density at radius 2 is 2.10 bits per heavy atom. The molecule has 108 valence electrons. The van der Waals surface area contributed by atoms with E-state index >= 15 is 0 Å². The van der Waals surface area contributed by atoms with Crippen molar-refractivity contribution in [3.05, 3.63) is 53.7 Å². The predicted octanol–water partition coefficient (Wildman–Crippen LogP) is 2.64. The SMILES string of the molecule is Cc1cc(F)ccc1S(=O)(=O)NC(C)Cc1ccoc1. The average molecular weight is 297 g/mol. The number of sulfonamides is 1. The molecule has 0 amide bonds. The van der Waals surface area contributed by atoms with Crippen molar-refractivity contribution in [2.24, 2.45) is 0 Å². The summed E-state index contributed by atoms with van der Waals surface area (Å²) in [6, 6.07) is 5.12. The topological polar surface area (TPSA) is 59.3 Å². The minimum absolute atomic E-state index is 0.0953. The van der Waals surface area contributed by atoms with Crippen LogP contribution in [0.3, 0.4) is 0 Å². The minimum atomic E-state index is -3.66. The fraction of sp³-hybridized carbons (Fsp3) is 0.286. The van der Waals surface area contributed by atoms with Gasteiger partial charge in [0.2, 0.25) is 10.0 Å². The van der Waals surface area contributed by atoms with Crippen molar-refractivity contribution in [3.63, 3.8) is 0 Å². The molecule has 1 N–H and O–H groups in total. The molecule has 1 unspecified atom stereocenters. The van der Waals surface area contributed by atoms with Gasteiger partial charge in [-0.1, -0.05) is 0 Å². The molecule has 0 bridgehead atoms. The number of hydrogen-bond donors (Lipinski definition) is 1. The summed E-state index contributed by atoms with van der Waals surface area (Å²) < 4.78 is 45.0. The first kappa shape index (κ1) is 14.7. The van der Waals surface area contributed by atoms with E-state index in [1.165, 1.54) is 12.1 Å². The van der Waals surface area contributed by atoms with Crippen LogP contribution >= 0.6 is 0 Å². The van der Waals surface area contributed by atoms with Gasteiger partial charge in [-0.2, -0.15) is 0 Å². The van der Waals surface area contributed by atoms with Crippen LogP contribution in [0.4, 0.5) is 4.39 Å².